The van der Waals surface area contributed by atoms with E-state index in [1.807, 2.05) is 26.0 Å². The van der Waals surface area contributed by atoms with Gasteiger partial charge in [0.2, 0.25) is 5.83 Å². The number of allylic oxidation sites excluding steroid dienone is 2. The van der Waals surface area contributed by atoms with Crippen molar-refractivity contribution in [3.63, 3.8) is 0 Å². The number of fused-ring (bicyclic) bond motifs is 1. The Bertz CT molecular complexity index is 818. The normalized spacial score (nSPS) is 15.8. The number of esters is 1. The molecule has 0 atom stereocenters. The fourth-order valence-electron chi connectivity index (χ4n) is 3.32. The van der Waals surface area contributed by atoms with Crippen molar-refractivity contribution in [2.45, 2.75) is 66.9 Å². The van der Waals surface area contributed by atoms with Crippen LogP contribution in [-0.4, -0.2) is 24.8 Å². The van der Waals surface area contributed by atoms with Gasteiger partial charge in [-0.3, -0.25) is 0 Å². The van der Waals surface area contributed by atoms with E-state index in [1.165, 1.54) is 0 Å². The summed E-state index contributed by atoms with van der Waals surface area (Å²) >= 11 is 0. The number of rotatable bonds is 8. The van der Waals surface area contributed by atoms with Gasteiger partial charge in [0, 0.05) is 22.8 Å². The zero-order chi connectivity index (χ0) is 21.8. The molecule has 5 heteroatoms. The van der Waals surface area contributed by atoms with E-state index in [4.69, 9.17) is 14.2 Å². The standard InChI is InChI=1S/C24H33FO4/c1-8-10-11-28-20-13-21-18(19(15(3)4)14-24(6,7)29-21)12-17(20)16(5)22(25)23(26)27-9-2/h12-15H,8-11H2,1-7H3/b22-16+. The highest BCUT2D eigenvalue weighted by Gasteiger charge is 2.30. The molecule has 160 valence electrons. The molecule has 0 spiro atoms. The summed E-state index contributed by atoms with van der Waals surface area (Å²) in [7, 11) is 0. The SMILES string of the molecule is CCCCOc1cc2c(cc1/C(C)=C(/F)C(=O)OCC)C(C(C)C)=CC(C)(C)O2. The van der Waals surface area contributed by atoms with Crippen LogP contribution in [0.3, 0.4) is 0 Å². The summed E-state index contributed by atoms with van der Waals surface area (Å²) in [4.78, 5) is 11.9. The molecule has 0 radical (unpaired) electrons. The number of carbonyl (C=O) groups excluding carboxylic acids is 1. The lowest BCUT2D eigenvalue weighted by molar-refractivity contribution is -0.140. The van der Waals surface area contributed by atoms with Crippen molar-refractivity contribution < 1.29 is 23.4 Å². The maximum Gasteiger partial charge on any atom is 0.367 e. The highest BCUT2D eigenvalue weighted by molar-refractivity contribution is 5.96. The number of halogens is 1. The van der Waals surface area contributed by atoms with Crippen LogP contribution in [0.5, 0.6) is 11.5 Å². The van der Waals surface area contributed by atoms with Gasteiger partial charge < -0.3 is 14.2 Å². The Labute approximate surface area is 173 Å². The Balaban J connectivity index is 2.64. The molecule has 0 saturated heterocycles. The van der Waals surface area contributed by atoms with E-state index >= 15 is 0 Å². The van der Waals surface area contributed by atoms with Crippen molar-refractivity contribution in [3.8, 4) is 11.5 Å². The summed E-state index contributed by atoms with van der Waals surface area (Å²) in [5.74, 6) is -0.384. The molecule has 0 unspecified atom stereocenters. The van der Waals surface area contributed by atoms with Crippen molar-refractivity contribution in [2.24, 2.45) is 5.92 Å². The van der Waals surface area contributed by atoms with Gasteiger partial charge in [-0.25, -0.2) is 4.79 Å². The molecule has 0 saturated carbocycles. The fraction of sp³-hybridized carbons (Fsp3) is 0.542. The summed E-state index contributed by atoms with van der Waals surface area (Å²) in [5, 5.41) is 0. The lowest BCUT2D eigenvalue weighted by Crippen LogP contribution is -2.30. The van der Waals surface area contributed by atoms with Gasteiger partial charge in [0.15, 0.2) is 0 Å². The molecule has 29 heavy (non-hydrogen) atoms. The number of unbranched alkanes of at least 4 members (excludes halogenated alkanes) is 1. The Morgan fingerprint density at radius 3 is 2.52 bits per heavy atom. The zero-order valence-electron chi connectivity index (χ0n) is 18.6. The van der Waals surface area contributed by atoms with E-state index in [0.29, 0.717) is 23.7 Å². The zero-order valence-corrected chi connectivity index (χ0v) is 18.6. The molecule has 0 aliphatic carbocycles. The van der Waals surface area contributed by atoms with E-state index in [-0.39, 0.29) is 18.1 Å². The second-order valence-corrected chi connectivity index (χ2v) is 8.17. The molecule has 0 aromatic heterocycles. The van der Waals surface area contributed by atoms with Crippen molar-refractivity contribution >= 4 is 17.1 Å². The van der Waals surface area contributed by atoms with E-state index in [1.54, 1.807) is 13.8 Å². The van der Waals surface area contributed by atoms with E-state index in [9.17, 15) is 9.18 Å². The van der Waals surface area contributed by atoms with Crippen LogP contribution in [0.4, 0.5) is 4.39 Å². The van der Waals surface area contributed by atoms with Crippen molar-refractivity contribution in [1.29, 1.82) is 0 Å². The molecule has 0 amide bonds. The first-order valence-corrected chi connectivity index (χ1v) is 10.4. The molecule has 1 aromatic rings. The topological polar surface area (TPSA) is 44.8 Å². The highest BCUT2D eigenvalue weighted by Crippen LogP contribution is 2.44. The van der Waals surface area contributed by atoms with E-state index in [2.05, 4.69) is 26.8 Å². The molecule has 0 bridgehead atoms. The quantitative estimate of drug-likeness (QED) is 0.288. The van der Waals surface area contributed by atoms with Gasteiger partial charge in [-0.2, -0.15) is 4.39 Å². The monoisotopic (exact) mass is 404 g/mol. The first-order valence-electron chi connectivity index (χ1n) is 10.4. The Hall–Kier alpha value is -2.30. The number of carbonyl (C=O) groups is 1. The summed E-state index contributed by atoms with van der Waals surface area (Å²) in [6, 6.07) is 3.69. The van der Waals surface area contributed by atoms with Crippen LogP contribution < -0.4 is 9.47 Å². The van der Waals surface area contributed by atoms with Gasteiger partial charge in [0.05, 0.1) is 13.2 Å². The van der Waals surface area contributed by atoms with Crippen LogP contribution >= 0.6 is 0 Å². The number of benzene rings is 1. The molecular formula is C24H33FO4. The number of hydrogen-bond donors (Lipinski definition) is 0. The molecule has 1 aliphatic rings. The number of ether oxygens (including phenoxy) is 3. The molecular weight excluding hydrogens is 371 g/mol. The second kappa shape index (κ2) is 9.47. The molecule has 4 nitrogen and oxygen atoms in total. The van der Waals surface area contributed by atoms with E-state index in [0.717, 1.165) is 24.0 Å². The summed E-state index contributed by atoms with van der Waals surface area (Å²) in [5.41, 5.74) is 2.32. The molecule has 1 aromatic carbocycles. The van der Waals surface area contributed by atoms with Crippen LogP contribution in [-0.2, 0) is 9.53 Å². The van der Waals surface area contributed by atoms with Gasteiger partial charge in [0.1, 0.15) is 17.1 Å². The Morgan fingerprint density at radius 1 is 1.24 bits per heavy atom. The van der Waals surface area contributed by atoms with Gasteiger partial charge in [-0.05, 0) is 57.7 Å². The lowest BCUT2D eigenvalue weighted by atomic mass is 9.86. The smallest absolute Gasteiger partial charge is 0.367 e. The van der Waals surface area contributed by atoms with Crippen LogP contribution in [0.15, 0.2) is 24.0 Å². The molecule has 0 fully saturated rings. The minimum Gasteiger partial charge on any atom is -0.493 e. The van der Waals surface area contributed by atoms with Crippen LogP contribution in [0, 0.1) is 5.92 Å². The molecule has 2 rings (SSSR count). The first-order chi connectivity index (χ1) is 13.6. The summed E-state index contributed by atoms with van der Waals surface area (Å²) in [6.07, 6.45) is 3.96. The fourth-order valence-corrected chi connectivity index (χ4v) is 3.32. The highest BCUT2D eigenvalue weighted by atomic mass is 19.1. The Morgan fingerprint density at radius 2 is 1.93 bits per heavy atom. The minimum atomic E-state index is -0.959. The maximum absolute atomic E-state index is 14.7. The minimum absolute atomic E-state index is 0.118. The predicted molar refractivity (Wildman–Crippen MR) is 115 cm³/mol. The predicted octanol–water partition coefficient (Wildman–Crippen LogP) is 6.34. The van der Waals surface area contributed by atoms with E-state index < -0.39 is 17.4 Å². The van der Waals surface area contributed by atoms with Gasteiger partial charge >= 0.3 is 5.97 Å². The van der Waals surface area contributed by atoms with Gasteiger partial charge in [-0.15, -0.1) is 0 Å². The lowest BCUT2D eigenvalue weighted by Gasteiger charge is -2.33. The van der Waals surface area contributed by atoms with Gasteiger partial charge in [0.25, 0.3) is 0 Å². The largest absolute Gasteiger partial charge is 0.493 e. The summed E-state index contributed by atoms with van der Waals surface area (Å²) < 4.78 is 31.7. The summed E-state index contributed by atoms with van der Waals surface area (Å²) in [6.45, 7) is 14.2. The van der Waals surface area contributed by atoms with Crippen molar-refractivity contribution in [3.05, 3.63) is 35.2 Å². The maximum atomic E-state index is 14.7. The van der Waals surface area contributed by atoms with Crippen molar-refractivity contribution in [1.82, 2.24) is 0 Å². The molecule has 0 N–H and O–H groups in total. The first kappa shape index (κ1) is 23.0. The van der Waals surface area contributed by atoms with Gasteiger partial charge in [-0.1, -0.05) is 27.2 Å². The third-order valence-corrected chi connectivity index (χ3v) is 4.83. The number of hydrogen-bond acceptors (Lipinski definition) is 4. The van der Waals surface area contributed by atoms with Crippen LogP contribution in [0.25, 0.3) is 11.1 Å². The third kappa shape index (κ3) is 5.40. The third-order valence-electron chi connectivity index (χ3n) is 4.83. The van der Waals surface area contributed by atoms with Crippen LogP contribution in [0.1, 0.15) is 72.4 Å². The average Bonchev–Trinajstić information content (AvgIpc) is 2.65. The van der Waals surface area contributed by atoms with Crippen molar-refractivity contribution in [2.75, 3.05) is 13.2 Å². The average molecular weight is 405 g/mol. The molecule has 1 aliphatic heterocycles. The molecule has 1 heterocycles. The second-order valence-electron chi connectivity index (χ2n) is 8.17. The Kier molecular flexibility index (Phi) is 7.50. The van der Waals surface area contributed by atoms with Crippen LogP contribution in [0.2, 0.25) is 0 Å².